The first-order valence-electron chi connectivity index (χ1n) is 8.05. The van der Waals surface area contributed by atoms with Crippen molar-refractivity contribution in [3.8, 4) is 11.5 Å². The van der Waals surface area contributed by atoms with Gasteiger partial charge in [-0.3, -0.25) is 4.79 Å². The molecule has 0 amide bonds. The smallest absolute Gasteiger partial charge is 0.308 e. The van der Waals surface area contributed by atoms with Crippen molar-refractivity contribution in [2.24, 2.45) is 5.92 Å². The number of aromatic hydroxyl groups is 1. The van der Waals surface area contributed by atoms with Gasteiger partial charge in [0.15, 0.2) is 0 Å². The molecule has 23 heavy (non-hydrogen) atoms. The minimum absolute atomic E-state index is 0.0590. The number of rotatable bonds is 7. The number of hydrogen-bond acceptors (Lipinski definition) is 3. The van der Waals surface area contributed by atoms with Crippen LogP contribution in [0.3, 0.4) is 0 Å². The Hall–Kier alpha value is -1.65. The molecule has 5 heteroatoms. The zero-order valence-corrected chi connectivity index (χ0v) is 14.4. The first-order chi connectivity index (χ1) is 10.7. The van der Waals surface area contributed by atoms with Gasteiger partial charge in [0.1, 0.15) is 11.5 Å². The number of alkyl halides is 2. The van der Waals surface area contributed by atoms with Crippen LogP contribution in [-0.4, -0.2) is 17.0 Å². The van der Waals surface area contributed by atoms with Crippen LogP contribution in [0.4, 0.5) is 8.78 Å². The van der Waals surface area contributed by atoms with Gasteiger partial charge in [-0.25, -0.2) is 8.78 Å². The van der Waals surface area contributed by atoms with Crippen molar-refractivity contribution < 1.29 is 23.4 Å². The Labute approximate surface area is 137 Å². The quantitative estimate of drug-likeness (QED) is 0.525. The average Bonchev–Trinajstić information content (AvgIpc) is 2.47. The second kappa shape index (κ2) is 11.0. The minimum atomic E-state index is -2.43. The number of phenols is 1. The molecular weight excluding hydrogens is 302 g/mol. The molecule has 0 aliphatic heterocycles. The lowest BCUT2D eigenvalue weighted by Gasteiger charge is -2.19. The molecule has 132 valence electrons. The molecule has 1 atom stereocenters. The summed E-state index contributed by atoms with van der Waals surface area (Å²) in [5.74, 6) is -2.05. The fraction of sp³-hybridized carbons (Fsp3) is 0.611. The number of hydrogen-bond donors (Lipinski definition) is 1. The van der Waals surface area contributed by atoms with Crippen LogP contribution >= 0.6 is 0 Å². The van der Waals surface area contributed by atoms with Gasteiger partial charge in [0, 0.05) is 19.8 Å². The van der Waals surface area contributed by atoms with Crippen molar-refractivity contribution in [2.75, 3.05) is 0 Å². The molecule has 0 saturated heterocycles. The third-order valence-electron chi connectivity index (χ3n) is 3.34. The highest BCUT2D eigenvalue weighted by Crippen LogP contribution is 2.29. The van der Waals surface area contributed by atoms with Crippen LogP contribution in [-0.2, 0) is 4.79 Å². The summed E-state index contributed by atoms with van der Waals surface area (Å²) in [5.41, 5.74) is 0. The van der Waals surface area contributed by atoms with E-state index in [0.717, 1.165) is 12.8 Å². The van der Waals surface area contributed by atoms with Crippen molar-refractivity contribution in [3.05, 3.63) is 24.3 Å². The molecule has 1 aromatic rings. The zero-order valence-electron chi connectivity index (χ0n) is 14.4. The van der Waals surface area contributed by atoms with Gasteiger partial charge in [-0.2, -0.15) is 0 Å². The number of unbranched alkanes of at least 4 members (excludes halogenated alkanes) is 1. The van der Waals surface area contributed by atoms with Gasteiger partial charge >= 0.3 is 5.97 Å². The van der Waals surface area contributed by atoms with E-state index >= 15 is 0 Å². The van der Waals surface area contributed by atoms with E-state index in [1.807, 2.05) is 20.8 Å². The Morgan fingerprint density at radius 1 is 1.26 bits per heavy atom. The number of esters is 1. The van der Waals surface area contributed by atoms with Crippen LogP contribution in [0.2, 0.25) is 0 Å². The molecule has 1 unspecified atom stereocenters. The van der Waals surface area contributed by atoms with E-state index in [9.17, 15) is 13.6 Å². The first-order valence-corrected chi connectivity index (χ1v) is 8.05. The van der Waals surface area contributed by atoms with Gasteiger partial charge in [-0.1, -0.05) is 33.6 Å². The average molecular weight is 330 g/mol. The molecule has 0 saturated carbocycles. The maximum atomic E-state index is 13.0. The predicted molar refractivity (Wildman–Crippen MR) is 88.0 cm³/mol. The molecule has 0 spiro atoms. The van der Waals surface area contributed by atoms with Gasteiger partial charge < -0.3 is 9.84 Å². The molecule has 0 aliphatic rings. The summed E-state index contributed by atoms with van der Waals surface area (Å²) in [5, 5.41) is 8.85. The molecule has 1 N–H and O–H groups in total. The van der Waals surface area contributed by atoms with Crippen molar-refractivity contribution in [3.63, 3.8) is 0 Å². The first kappa shape index (κ1) is 21.4. The second-order valence-corrected chi connectivity index (χ2v) is 5.76. The normalized spacial score (nSPS) is 12.1. The van der Waals surface area contributed by atoms with E-state index in [2.05, 4.69) is 0 Å². The van der Waals surface area contributed by atoms with Gasteiger partial charge in [0.25, 0.3) is 0 Å². The van der Waals surface area contributed by atoms with Crippen molar-refractivity contribution in [1.82, 2.24) is 0 Å². The van der Waals surface area contributed by atoms with Crippen molar-refractivity contribution in [1.29, 1.82) is 0 Å². The van der Waals surface area contributed by atoms with E-state index in [0.29, 0.717) is 12.2 Å². The molecule has 0 fully saturated rings. The van der Waals surface area contributed by atoms with Crippen molar-refractivity contribution >= 4 is 5.97 Å². The number of phenolic OH excluding ortho intramolecular Hbond substituents is 1. The number of halogens is 2. The second-order valence-electron chi connectivity index (χ2n) is 5.76. The molecule has 1 aromatic carbocycles. The molecular formula is C18H28F2O3. The highest BCUT2D eigenvalue weighted by molar-refractivity contribution is 5.69. The molecule has 0 bridgehead atoms. The predicted octanol–water partition coefficient (Wildman–Crippen LogP) is 5.57. The van der Waals surface area contributed by atoms with Crippen LogP contribution in [0.5, 0.6) is 11.5 Å². The summed E-state index contributed by atoms with van der Waals surface area (Å²) >= 11 is 0. The van der Waals surface area contributed by atoms with Crippen LogP contribution in [0, 0.1) is 5.92 Å². The van der Waals surface area contributed by atoms with Crippen LogP contribution < -0.4 is 4.74 Å². The summed E-state index contributed by atoms with van der Waals surface area (Å²) in [6, 6.07) is 5.96. The fourth-order valence-corrected chi connectivity index (χ4v) is 1.87. The number of carbonyl (C=O) groups is 1. The largest absolute Gasteiger partial charge is 0.508 e. The third-order valence-corrected chi connectivity index (χ3v) is 3.34. The molecule has 3 nitrogen and oxygen atoms in total. The molecule has 0 heterocycles. The fourth-order valence-electron chi connectivity index (χ4n) is 1.87. The Balaban J connectivity index is 0.000000422. The minimum Gasteiger partial charge on any atom is -0.508 e. The Kier molecular flexibility index (Phi) is 10.2. The van der Waals surface area contributed by atoms with Crippen molar-refractivity contribution in [2.45, 2.75) is 65.7 Å². The monoisotopic (exact) mass is 330 g/mol. The lowest BCUT2D eigenvalue weighted by atomic mass is 9.97. The molecule has 0 aromatic heterocycles. The van der Waals surface area contributed by atoms with E-state index in [-0.39, 0.29) is 30.5 Å². The number of carbonyl (C=O) groups excluding carboxylic acids is 1. The SMILES string of the molecule is CC(=O)Oc1ccc(O)cc1.CCCCC(F)(F)CC(C)CC. The van der Waals surface area contributed by atoms with Crippen LogP contribution in [0.15, 0.2) is 24.3 Å². The summed E-state index contributed by atoms with van der Waals surface area (Å²) < 4.78 is 30.8. The summed E-state index contributed by atoms with van der Waals surface area (Å²) in [6.07, 6.45) is 2.47. The highest BCUT2D eigenvalue weighted by Gasteiger charge is 2.29. The van der Waals surface area contributed by atoms with E-state index in [4.69, 9.17) is 9.84 Å². The van der Waals surface area contributed by atoms with Gasteiger partial charge in [0.05, 0.1) is 0 Å². The molecule has 0 radical (unpaired) electrons. The highest BCUT2D eigenvalue weighted by atomic mass is 19.3. The Bertz CT molecular complexity index is 444. The molecule has 1 rings (SSSR count). The van der Waals surface area contributed by atoms with Gasteiger partial charge in [-0.05, 0) is 36.6 Å². The van der Waals surface area contributed by atoms with E-state index < -0.39 is 5.92 Å². The van der Waals surface area contributed by atoms with Crippen LogP contribution in [0.25, 0.3) is 0 Å². The maximum Gasteiger partial charge on any atom is 0.308 e. The van der Waals surface area contributed by atoms with Gasteiger partial charge in [0.2, 0.25) is 5.92 Å². The lowest BCUT2D eigenvalue weighted by molar-refractivity contribution is -0.131. The number of ether oxygens (including phenoxy) is 1. The van der Waals surface area contributed by atoms with Gasteiger partial charge in [-0.15, -0.1) is 0 Å². The maximum absolute atomic E-state index is 13.0. The summed E-state index contributed by atoms with van der Waals surface area (Å²) in [7, 11) is 0. The third kappa shape index (κ3) is 11.6. The summed E-state index contributed by atoms with van der Waals surface area (Å²) in [6.45, 7) is 7.12. The Morgan fingerprint density at radius 2 is 1.83 bits per heavy atom. The van der Waals surface area contributed by atoms with Crippen LogP contribution in [0.1, 0.15) is 59.8 Å². The zero-order chi connectivity index (χ0) is 17.9. The standard InChI is InChI=1S/C10H20F2.C8H8O3/c1-4-6-7-10(11,12)8-9(3)5-2;1-6(9)11-8-4-2-7(10)3-5-8/h9H,4-8H2,1-3H3;2-5,10H,1H3. The topological polar surface area (TPSA) is 46.5 Å². The van der Waals surface area contributed by atoms with E-state index in [1.54, 1.807) is 0 Å². The summed E-state index contributed by atoms with van der Waals surface area (Å²) in [4.78, 5) is 10.4. The molecule has 0 aliphatic carbocycles. The lowest BCUT2D eigenvalue weighted by Crippen LogP contribution is -2.19. The Morgan fingerprint density at radius 3 is 2.26 bits per heavy atom. The van der Waals surface area contributed by atoms with E-state index in [1.165, 1.54) is 31.2 Å². The number of benzene rings is 1.